The summed E-state index contributed by atoms with van der Waals surface area (Å²) in [6.45, 7) is 3.74. The van der Waals surface area contributed by atoms with Crippen molar-refractivity contribution in [3.8, 4) is 5.75 Å². The van der Waals surface area contributed by atoms with E-state index in [-0.39, 0.29) is 12.5 Å². The number of hydrazone groups is 1. The molecule has 120 valence electrons. The number of ether oxygens (including phenoxy) is 1. The Morgan fingerprint density at radius 2 is 1.83 bits per heavy atom. The minimum Gasteiger partial charge on any atom is -0.483 e. The molecule has 2 aromatic carbocycles. The van der Waals surface area contributed by atoms with Gasteiger partial charge in [0.25, 0.3) is 5.91 Å². The summed E-state index contributed by atoms with van der Waals surface area (Å²) in [5, 5.41) is 4.67. The highest BCUT2D eigenvalue weighted by Gasteiger charge is 2.07. The molecule has 1 N–H and O–H groups in total. The first-order chi connectivity index (χ1) is 11.0. The summed E-state index contributed by atoms with van der Waals surface area (Å²) in [6.07, 6.45) is 1.44. The van der Waals surface area contributed by atoms with Crippen molar-refractivity contribution in [2.75, 3.05) is 6.61 Å². The summed E-state index contributed by atoms with van der Waals surface area (Å²) in [6, 6.07) is 11.0. The minimum absolute atomic E-state index is 0.119. The second kappa shape index (κ2) is 7.99. The SMILES string of the molecule is Cc1cccc(C)c1OCC(=O)NN=Cc1cccc(Cl)c1Cl. The molecular formula is C17H16Cl2N2O2. The predicted molar refractivity (Wildman–Crippen MR) is 93.6 cm³/mol. The number of aryl methyl sites for hydroxylation is 2. The Morgan fingerprint density at radius 3 is 2.52 bits per heavy atom. The lowest BCUT2D eigenvalue weighted by Crippen LogP contribution is -2.25. The Bertz CT molecular complexity index is 725. The molecule has 6 heteroatoms. The second-order valence-corrected chi connectivity index (χ2v) is 5.73. The van der Waals surface area contributed by atoms with Gasteiger partial charge in [0.1, 0.15) is 5.75 Å². The molecule has 0 fully saturated rings. The molecule has 0 aliphatic carbocycles. The van der Waals surface area contributed by atoms with Gasteiger partial charge in [-0.1, -0.05) is 53.5 Å². The molecule has 0 aromatic heterocycles. The largest absolute Gasteiger partial charge is 0.483 e. The molecule has 0 saturated heterocycles. The molecule has 0 bridgehead atoms. The summed E-state index contributed by atoms with van der Waals surface area (Å²) < 4.78 is 5.54. The maximum atomic E-state index is 11.8. The number of rotatable bonds is 5. The summed E-state index contributed by atoms with van der Waals surface area (Å²) >= 11 is 11.9. The molecule has 0 atom stereocenters. The number of amides is 1. The molecule has 2 aromatic rings. The third-order valence-corrected chi connectivity index (χ3v) is 3.96. The molecular weight excluding hydrogens is 335 g/mol. The van der Waals surface area contributed by atoms with Crippen LogP contribution in [0.15, 0.2) is 41.5 Å². The predicted octanol–water partition coefficient (Wildman–Crippen LogP) is 4.14. The Balaban J connectivity index is 1.90. The number of carbonyl (C=O) groups is 1. The quantitative estimate of drug-likeness (QED) is 0.650. The molecule has 1 amide bonds. The Hall–Kier alpha value is -2.04. The van der Waals surface area contributed by atoms with E-state index in [4.69, 9.17) is 27.9 Å². The lowest BCUT2D eigenvalue weighted by molar-refractivity contribution is -0.123. The Kier molecular flexibility index (Phi) is 6.02. The van der Waals surface area contributed by atoms with Crippen LogP contribution in [0.25, 0.3) is 0 Å². The van der Waals surface area contributed by atoms with Crippen molar-refractivity contribution in [2.24, 2.45) is 5.10 Å². The van der Waals surface area contributed by atoms with E-state index in [1.165, 1.54) is 6.21 Å². The zero-order valence-electron chi connectivity index (χ0n) is 12.8. The molecule has 4 nitrogen and oxygen atoms in total. The number of nitrogens with zero attached hydrogens (tertiary/aromatic N) is 1. The standard InChI is InChI=1S/C17H16Cl2N2O2/c1-11-5-3-6-12(2)17(11)23-10-15(22)21-20-9-13-7-4-8-14(18)16(13)19/h3-9H,10H2,1-2H3,(H,21,22). The van der Waals surface area contributed by atoms with E-state index in [1.807, 2.05) is 32.0 Å². The first-order valence-electron chi connectivity index (χ1n) is 6.94. The molecule has 0 aliphatic heterocycles. The topological polar surface area (TPSA) is 50.7 Å². The molecule has 2 rings (SSSR count). The highest BCUT2D eigenvalue weighted by Crippen LogP contribution is 2.24. The molecule has 0 radical (unpaired) electrons. The van der Waals surface area contributed by atoms with Gasteiger partial charge in [0.05, 0.1) is 16.3 Å². The smallest absolute Gasteiger partial charge is 0.277 e. The van der Waals surface area contributed by atoms with Crippen molar-refractivity contribution in [3.63, 3.8) is 0 Å². The maximum Gasteiger partial charge on any atom is 0.277 e. The average molecular weight is 351 g/mol. The van der Waals surface area contributed by atoms with Crippen LogP contribution in [-0.4, -0.2) is 18.7 Å². The number of nitrogens with one attached hydrogen (secondary N) is 1. The van der Waals surface area contributed by atoms with Crippen molar-refractivity contribution in [1.29, 1.82) is 0 Å². The van der Waals surface area contributed by atoms with Gasteiger partial charge in [0.15, 0.2) is 6.61 Å². The van der Waals surface area contributed by atoms with E-state index in [0.717, 1.165) is 11.1 Å². The molecule has 0 spiro atoms. The van der Waals surface area contributed by atoms with E-state index < -0.39 is 0 Å². The van der Waals surface area contributed by atoms with Crippen molar-refractivity contribution < 1.29 is 9.53 Å². The second-order valence-electron chi connectivity index (χ2n) is 4.95. The van der Waals surface area contributed by atoms with Crippen LogP contribution in [0.1, 0.15) is 16.7 Å². The summed E-state index contributed by atoms with van der Waals surface area (Å²) in [5.74, 6) is 0.353. The fourth-order valence-corrected chi connectivity index (χ4v) is 2.35. The van der Waals surface area contributed by atoms with Crippen LogP contribution in [-0.2, 0) is 4.79 Å². The first kappa shape index (κ1) is 17.3. The van der Waals surface area contributed by atoms with E-state index in [1.54, 1.807) is 18.2 Å². The van der Waals surface area contributed by atoms with Crippen molar-refractivity contribution in [1.82, 2.24) is 5.43 Å². The van der Waals surface area contributed by atoms with Gasteiger partial charge in [-0.25, -0.2) is 5.43 Å². The maximum absolute atomic E-state index is 11.8. The van der Waals surface area contributed by atoms with Gasteiger partial charge in [-0.3, -0.25) is 4.79 Å². The number of hydrogen-bond acceptors (Lipinski definition) is 3. The third kappa shape index (κ3) is 4.71. The van der Waals surface area contributed by atoms with E-state index in [2.05, 4.69) is 10.5 Å². The lowest BCUT2D eigenvalue weighted by atomic mass is 10.1. The average Bonchev–Trinajstić information content (AvgIpc) is 2.51. The van der Waals surface area contributed by atoms with Crippen molar-refractivity contribution in [2.45, 2.75) is 13.8 Å². The highest BCUT2D eigenvalue weighted by atomic mass is 35.5. The van der Waals surface area contributed by atoms with Crippen LogP contribution in [0, 0.1) is 13.8 Å². The number of benzene rings is 2. The fourth-order valence-electron chi connectivity index (χ4n) is 1.99. The van der Waals surface area contributed by atoms with Crippen LogP contribution in [0.2, 0.25) is 10.0 Å². The molecule has 0 heterocycles. The normalized spacial score (nSPS) is 10.8. The van der Waals surface area contributed by atoms with E-state index in [9.17, 15) is 4.79 Å². The zero-order chi connectivity index (χ0) is 16.8. The number of para-hydroxylation sites is 1. The Morgan fingerprint density at radius 1 is 1.17 bits per heavy atom. The van der Waals surface area contributed by atoms with Crippen LogP contribution < -0.4 is 10.2 Å². The first-order valence-corrected chi connectivity index (χ1v) is 7.69. The van der Waals surface area contributed by atoms with Gasteiger partial charge >= 0.3 is 0 Å². The van der Waals surface area contributed by atoms with Gasteiger partial charge in [-0.2, -0.15) is 5.10 Å². The molecule has 23 heavy (non-hydrogen) atoms. The summed E-state index contributed by atoms with van der Waals surface area (Å²) in [5.41, 5.74) is 4.97. The third-order valence-electron chi connectivity index (χ3n) is 3.13. The van der Waals surface area contributed by atoms with Gasteiger partial charge in [0.2, 0.25) is 0 Å². The number of carbonyl (C=O) groups excluding carboxylic acids is 1. The van der Waals surface area contributed by atoms with Crippen LogP contribution in [0.3, 0.4) is 0 Å². The van der Waals surface area contributed by atoms with E-state index >= 15 is 0 Å². The van der Waals surface area contributed by atoms with Gasteiger partial charge in [-0.05, 0) is 31.0 Å². The molecule has 0 aliphatic rings. The summed E-state index contributed by atoms with van der Waals surface area (Å²) in [4.78, 5) is 11.8. The zero-order valence-corrected chi connectivity index (χ0v) is 14.3. The molecule has 0 unspecified atom stereocenters. The van der Waals surface area contributed by atoms with E-state index in [0.29, 0.717) is 21.4 Å². The van der Waals surface area contributed by atoms with Crippen molar-refractivity contribution in [3.05, 3.63) is 63.1 Å². The van der Waals surface area contributed by atoms with Gasteiger partial charge in [-0.15, -0.1) is 0 Å². The van der Waals surface area contributed by atoms with Crippen LogP contribution in [0.5, 0.6) is 5.75 Å². The summed E-state index contributed by atoms with van der Waals surface area (Å²) in [7, 11) is 0. The van der Waals surface area contributed by atoms with Gasteiger partial charge in [0, 0.05) is 5.56 Å². The van der Waals surface area contributed by atoms with Crippen molar-refractivity contribution >= 4 is 35.3 Å². The monoisotopic (exact) mass is 350 g/mol. The molecule has 0 saturated carbocycles. The highest BCUT2D eigenvalue weighted by molar-refractivity contribution is 6.43. The Labute approximate surface area is 145 Å². The fraction of sp³-hybridized carbons (Fsp3) is 0.176. The van der Waals surface area contributed by atoms with Gasteiger partial charge < -0.3 is 4.74 Å². The van der Waals surface area contributed by atoms with Crippen LogP contribution >= 0.6 is 23.2 Å². The number of hydrogen-bond donors (Lipinski definition) is 1. The van der Waals surface area contributed by atoms with Crippen LogP contribution in [0.4, 0.5) is 0 Å². The lowest BCUT2D eigenvalue weighted by Gasteiger charge is -2.10. The minimum atomic E-state index is -0.359. The number of halogens is 2.